The fourth-order valence-electron chi connectivity index (χ4n) is 2.78. The summed E-state index contributed by atoms with van der Waals surface area (Å²) >= 11 is 0. The maximum Gasteiger partial charge on any atom is 0.143 e. The predicted molar refractivity (Wildman–Crippen MR) is 73.8 cm³/mol. The molecule has 0 saturated heterocycles. The normalized spacial score (nSPS) is 20.9. The van der Waals surface area contributed by atoms with Gasteiger partial charge in [0.15, 0.2) is 0 Å². The first-order valence-corrected chi connectivity index (χ1v) is 6.46. The summed E-state index contributed by atoms with van der Waals surface area (Å²) in [5.41, 5.74) is 3.35. The molecular weight excluding hydrogens is 224 g/mol. The molecule has 0 unspecified atom stereocenters. The number of hydrogen-bond donors (Lipinski definition) is 1. The van der Waals surface area contributed by atoms with Crippen LogP contribution in [0.15, 0.2) is 22.4 Å². The van der Waals surface area contributed by atoms with Gasteiger partial charge in [0.05, 0.1) is 0 Å². The van der Waals surface area contributed by atoms with Crippen molar-refractivity contribution in [2.24, 2.45) is 10.2 Å². The minimum Gasteiger partial charge on any atom is -0.506 e. The van der Waals surface area contributed by atoms with Crippen molar-refractivity contribution in [3.8, 4) is 5.75 Å². The summed E-state index contributed by atoms with van der Waals surface area (Å²) in [4.78, 5) is 0. The van der Waals surface area contributed by atoms with Gasteiger partial charge in [-0.2, -0.15) is 10.2 Å². The van der Waals surface area contributed by atoms with Gasteiger partial charge in [-0.15, -0.1) is 0 Å². The van der Waals surface area contributed by atoms with Crippen molar-refractivity contribution in [3.63, 3.8) is 0 Å². The molecule has 1 aliphatic carbocycles. The molecule has 0 aromatic heterocycles. The first kappa shape index (κ1) is 13.1. The molecule has 3 nitrogen and oxygen atoms in total. The Kier molecular flexibility index (Phi) is 2.96. The smallest absolute Gasteiger partial charge is 0.143 e. The number of fused-ring (bicyclic) bond motifs is 1. The molecule has 18 heavy (non-hydrogen) atoms. The molecule has 1 aromatic carbocycles. The highest BCUT2D eigenvalue weighted by Gasteiger charge is 2.37. The summed E-state index contributed by atoms with van der Waals surface area (Å²) in [6, 6.07) is 3.87. The molecule has 1 aromatic rings. The molecular formula is C15H22N2O. The number of azo groups is 1. The average molecular weight is 246 g/mol. The topological polar surface area (TPSA) is 45.0 Å². The molecule has 0 saturated carbocycles. The van der Waals surface area contributed by atoms with E-state index in [2.05, 4.69) is 37.9 Å². The van der Waals surface area contributed by atoms with Crippen LogP contribution in [0.5, 0.6) is 5.75 Å². The Morgan fingerprint density at radius 2 is 1.50 bits per heavy atom. The van der Waals surface area contributed by atoms with Crippen molar-refractivity contribution in [3.05, 3.63) is 23.3 Å². The number of hydrogen-bond acceptors (Lipinski definition) is 3. The Labute approximate surface area is 109 Å². The van der Waals surface area contributed by atoms with Gasteiger partial charge in [-0.3, -0.25) is 0 Å². The lowest BCUT2D eigenvalue weighted by atomic mass is 9.63. The number of phenolic OH excluding ortho intramolecular Hbond substituents is 1. The van der Waals surface area contributed by atoms with E-state index in [1.807, 2.05) is 12.1 Å². The van der Waals surface area contributed by atoms with E-state index in [4.69, 9.17) is 0 Å². The lowest BCUT2D eigenvalue weighted by molar-refractivity contribution is 0.330. The van der Waals surface area contributed by atoms with Crippen LogP contribution >= 0.6 is 0 Å². The molecule has 98 valence electrons. The van der Waals surface area contributed by atoms with E-state index in [1.54, 1.807) is 7.05 Å². The van der Waals surface area contributed by atoms with Gasteiger partial charge in [0.1, 0.15) is 11.4 Å². The third-order valence-corrected chi connectivity index (χ3v) is 4.16. The first-order valence-electron chi connectivity index (χ1n) is 6.46. The fourth-order valence-corrected chi connectivity index (χ4v) is 2.78. The second-order valence-corrected chi connectivity index (χ2v) is 6.45. The summed E-state index contributed by atoms with van der Waals surface area (Å²) < 4.78 is 0. The maximum atomic E-state index is 10.0. The van der Waals surface area contributed by atoms with Crippen LogP contribution in [0.4, 0.5) is 5.69 Å². The van der Waals surface area contributed by atoms with Crippen LogP contribution in [-0.2, 0) is 10.8 Å². The molecule has 2 rings (SSSR count). The Hall–Kier alpha value is -1.38. The van der Waals surface area contributed by atoms with Gasteiger partial charge in [0.2, 0.25) is 0 Å². The van der Waals surface area contributed by atoms with E-state index in [1.165, 1.54) is 11.1 Å². The third-order valence-electron chi connectivity index (χ3n) is 4.16. The molecule has 0 aliphatic heterocycles. The number of nitrogens with zero attached hydrogens (tertiary/aromatic N) is 2. The number of benzene rings is 1. The average Bonchev–Trinajstić information content (AvgIpc) is 2.27. The van der Waals surface area contributed by atoms with Gasteiger partial charge in [0, 0.05) is 7.05 Å². The summed E-state index contributed by atoms with van der Waals surface area (Å²) in [5, 5.41) is 17.8. The Bertz CT molecular complexity index is 501. The second kappa shape index (κ2) is 4.08. The molecule has 1 N–H and O–H groups in total. The van der Waals surface area contributed by atoms with Crippen LogP contribution in [0.2, 0.25) is 0 Å². The summed E-state index contributed by atoms with van der Waals surface area (Å²) in [7, 11) is 1.62. The monoisotopic (exact) mass is 246 g/mol. The minimum atomic E-state index is 0.115. The SMILES string of the molecule is C/N=N/c1cc2c(cc1O)C(C)(C)CCC2(C)C. The van der Waals surface area contributed by atoms with Crippen molar-refractivity contribution >= 4 is 5.69 Å². The first-order chi connectivity index (χ1) is 8.28. The quantitative estimate of drug-likeness (QED) is 0.731. The van der Waals surface area contributed by atoms with Crippen LogP contribution < -0.4 is 0 Å². The van der Waals surface area contributed by atoms with E-state index in [-0.39, 0.29) is 16.6 Å². The molecule has 0 spiro atoms. The molecule has 0 radical (unpaired) electrons. The largest absolute Gasteiger partial charge is 0.506 e. The van der Waals surface area contributed by atoms with Crippen LogP contribution in [0, 0.1) is 0 Å². The highest BCUT2D eigenvalue weighted by Crippen LogP contribution is 2.48. The fraction of sp³-hybridized carbons (Fsp3) is 0.600. The van der Waals surface area contributed by atoms with Gasteiger partial charge in [-0.1, -0.05) is 27.7 Å². The Morgan fingerprint density at radius 3 is 2.00 bits per heavy atom. The second-order valence-electron chi connectivity index (χ2n) is 6.45. The summed E-state index contributed by atoms with van der Waals surface area (Å²) in [6.07, 6.45) is 2.29. The number of aromatic hydroxyl groups is 1. The lowest BCUT2D eigenvalue weighted by Gasteiger charge is -2.41. The van der Waals surface area contributed by atoms with Crippen molar-refractivity contribution < 1.29 is 5.11 Å². The Balaban J connectivity index is 2.69. The minimum absolute atomic E-state index is 0.115. The number of phenols is 1. The maximum absolute atomic E-state index is 10.0. The molecule has 1 aliphatic rings. The van der Waals surface area contributed by atoms with Crippen LogP contribution in [0.25, 0.3) is 0 Å². The highest BCUT2D eigenvalue weighted by molar-refractivity contribution is 5.59. The molecule has 0 heterocycles. The molecule has 0 amide bonds. The summed E-state index contributed by atoms with van der Waals surface area (Å²) in [5.74, 6) is 0.227. The van der Waals surface area contributed by atoms with Gasteiger partial charge in [-0.05, 0) is 46.9 Å². The third kappa shape index (κ3) is 2.02. The Morgan fingerprint density at radius 1 is 1.00 bits per heavy atom. The number of rotatable bonds is 1. The van der Waals surface area contributed by atoms with Gasteiger partial charge < -0.3 is 5.11 Å². The predicted octanol–water partition coefficient (Wildman–Crippen LogP) is 4.45. The lowest BCUT2D eigenvalue weighted by Crippen LogP contribution is -2.33. The molecule has 3 heteroatoms. The van der Waals surface area contributed by atoms with Gasteiger partial charge in [0.25, 0.3) is 0 Å². The standard InChI is InChI=1S/C15H22N2O/c1-14(2)6-7-15(3,4)11-9-13(18)12(17-16-5)8-10(11)14/h8-9,18H,6-7H2,1-5H3/b17-16+. The van der Waals surface area contributed by atoms with Gasteiger partial charge in [-0.25, -0.2) is 0 Å². The van der Waals surface area contributed by atoms with E-state index in [0.29, 0.717) is 5.69 Å². The highest BCUT2D eigenvalue weighted by atomic mass is 16.3. The van der Waals surface area contributed by atoms with Crippen molar-refractivity contribution in [2.45, 2.75) is 51.4 Å². The zero-order valence-corrected chi connectivity index (χ0v) is 11.9. The van der Waals surface area contributed by atoms with E-state index >= 15 is 0 Å². The van der Waals surface area contributed by atoms with Crippen LogP contribution in [0.1, 0.15) is 51.7 Å². The molecule has 0 fully saturated rings. The van der Waals surface area contributed by atoms with Crippen molar-refractivity contribution in [1.82, 2.24) is 0 Å². The van der Waals surface area contributed by atoms with Crippen molar-refractivity contribution in [1.29, 1.82) is 0 Å². The zero-order chi connectivity index (χ0) is 13.6. The van der Waals surface area contributed by atoms with Crippen LogP contribution in [-0.4, -0.2) is 12.2 Å². The molecule has 0 atom stereocenters. The summed E-state index contributed by atoms with van der Waals surface area (Å²) in [6.45, 7) is 8.99. The van der Waals surface area contributed by atoms with Gasteiger partial charge >= 0.3 is 0 Å². The van der Waals surface area contributed by atoms with E-state index < -0.39 is 0 Å². The zero-order valence-electron chi connectivity index (χ0n) is 11.9. The van der Waals surface area contributed by atoms with Crippen molar-refractivity contribution in [2.75, 3.05) is 7.05 Å². The molecule has 0 bridgehead atoms. The van der Waals surface area contributed by atoms with E-state index in [0.717, 1.165) is 12.8 Å². The van der Waals surface area contributed by atoms with Crippen LogP contribution in [0.3, 0.4) is 0 Å². The van der Waals surface area contributed by atoms with E-state index in [9.17, 15) is 5.11 Å².